The van der Waals surface area contributed by atoms with Gasteiger partial charge in [-0.2, -0.15) is 4.31 Å². The Bertz CT molecular complexity index is 673. The van der Waals surface area contributed by atoms with Crippen LogP contribution in [-0.4, -0.2) is 44.3 Å². The van der Waals surface area contributed by atoms with Gasteiger partial charge < -0.3 is 9.47 Å². The van der Waals surface area contributed by atoms with Crippen LogP contribution >= 0.6 is 0 Å². The molecule has 0 aromatic heterocycles. The van der Waals surface area contributed by atoms with Crippen LogP contribution in [0, 0.1) is 5.92 Å². The molecule has 1 aromatic carbocycles. The van der Waals surface area contributed by atoms with Crippen molar-refractivity contribution in [3.05, 3.63) is 36.9 Å². The number of fused-ring (bicyclic) bond motifs is 2. The quantitative estimate of drug-likeness (QED) is 0.717. The normalized spacial score (nSPS) is 27.1. The molecule has 1 heterocycles. The Kier molecular flexibility index (Phi) is 4.64. The Labute approximate surface area is 137 Å². The van der Waals surface area contributed by atoms with Crippen molar-refractivity contribution >= 4 is 10.0 Å². The van der Waals surface area contributed by atoms with Crippen molar-refractivity contribution in [3.8, 4) is 11.5 Å². The summed E-state index contributed by atoms with van der Waals surface area (Å²) < 4.78 is 37.8. The molecule has 0 N–H and O–H groups in total. The summed E-state index contributed by atoms with van der Waals surface area (Å²) >= 11 is 0. The Morgan fingerprint density at radius 3 is 2.87 bits per heavy atom. The van der Waals surface area contributed by atoms with E-state index in [1.165, 1.54) is 6.08 Å². The third kappa shape index (κ3) is 3.23. The molecular weight excluding hydrogens is 314 g/mol. The SMILES string of the molecule is C=CCS(=O)(=O)N1[C@@H]2CC[C@H](C2)[C@H]1COc1cccc(OC)c1. The number of sulfonamides is 1. The molecule has 3 atom stereocenters. The van der Waals surface area contributed by atoms with Crippen LogP contribution in [0.1, 0.15) is 19.3 Å². The van der Waals surface area contributed by atoms with E-state index < -0.39 is 10.0 Å². The largest absolute Gasteiger partial charge is 0.497 e. The van der Waals surface area contributed by atoms with Crippen LogP contribution < -0.4 is 9.47 Å². The van der Waals surface area contributed by atoms with Gasteiger partial charge in [0.15, 0.2) is 0 Å². The molecule has 126 valence electrons. The lowest BCUT2D eigenvalue weighted by atomic mass is 10.0. The maximum absolute atomic E-state index is 12.5. The van der Waals surface area contributed by atoms with Gasteiger partial charge in [-0.15, -0.1) is 6.58 Å². The van der Waals surface area contributed by atoms with Crippen LogP contribution in [0.4, 0.5) is 0 Å². The summed E-state index contributed by atoms with van der Waals surface area (Å²) in [5.41, 5.74) is 0. The van der Waals surface area contributed by atoms with Crippen molar-refractivity contribution < 1.29 is 17.9 Å². The highest BCUT2D eigenvalue weighted by atomic mass is 32.2. The van der Waals surface area contributed by atoms with Crippen molar-refractivity contribution in [3.63, 3.8) is 0 Å². The summed E-state index contributed by atoms with van der Waals surface area (Å²) in [4.78, 5) is 0. The third-order valence-electron chi connectivity index (χ3n) is 4.79. The monoisotopic (exact) mass is 337 g/mol. The zero-order valence-corrected chi connectivity index (χ0v) is 14.2. The lowest BCUT2D eigenvalue weighted by Crippen LogP contribution is -2.48. The van der Waals surface area contributed by atoms with Gasteiger partial charge in [-0.25, -0.2) is 8.42 Å². The van der Waals surface area contributed by atoms with Crippen LogP contribution in [0.3, 0.4) is 0 Å². The van der Waals surface area contributed by atoms with Crippen LogP contribution in [0.25, 0.3) is 0 Å². The fraction of sp³-hybridized carbons (Fsp3) is 0.529. The molecule has 2 aliphatic rings. The molecule has 0 amide bonds. The molecule has 1 aliphatic carbocycles. The molecule has 3 rings (SSSR count). The number of rotatable bonds is 7. The second-order valence-corrected chi connectivity index (χ2v) is 8.10. The van der Waals surface area contributed by atoms with E-state index in [0.29, 0.717) is 18.3 Å². The first-order chi connectivity index (χ1) is 11.0. The van der Waals surface area contributed by atoms with Gasteiger partial charge in [0.1, 0.15) is 18.1 Å². The van der Waals surface area contributed by atoms with Crippen LogP contribution in [-0.2, 0) is 10.0 Å². The minimum absolute atomic E-state index is 0.00806. The number of benzene rings is 1. The Hall–Kier alpha value is -1.53. The van der Waals surface area contributed by atoms with E-state index in [9.17, 15) is 8.42 Å². The van der Waals surface area contributed by atoms with Gasteiger partial charge in [-0.05, 0) is 37.3 Å². The van der Waals surface area contributed by atoms with E-state index in [-0.39, 0.29) is 17.8 Å². The van der Waals surface area contributed by atoms with Crippen molar-refractivity contribution in [1.82, 2.24) is 4.31 Å². The smallest absolute Gasteiger partial charge is 0.218 e. The molecule has 1 saturated carbocycles. The van der Waals surface area contributed by atoms with Crippen LogP contribution in [0.5, 0.6) is 11.5 Å². The van der Waals surface area contributed by atoms with Gasteiger partial charge in [0, 0.05) is 12.1 Å². The van der Waals surface area contributed by atoms with Gasteiger partial charge in [0.25, 0.3) is 0 Å². The van der Waals surface area contributed by atoms with Crippen molar-refractivity contribution in [1.29, 1.82) is 0 Å². The Morgan fingerprint density at radius 2 is 2.13 bits per heavy atom. The second-order valence-electron chi connectivity index (χ2n) is 6.18. The lowest BCUT2D eigenvalue weighted by Gasteiger charge is -2.33. The first-order valence-electron chi connectivity index (χ1n) is 7.94. The summed E-state index contributed by atoms with van der Waals surface area (Å²) in [6.07, 6.45) is 4.44. The summed E-state index contributed by atoms with van der Waals surface area (Å²) in [5, 5.41) is 0. The van der Waals surface area contributed by atoms with Crippen LogP contribution in [0.15, 0.2) is 36.9 Å². The summed E-state index contributed by atoms with van der Waals surface area (Å²) in [6.45, 7) is 3.95. The minimum atomic E-state index is -3.30. The first kappa shape index (κ1) is 16.3. The predicted octanol–water partition coefficient (Wildman–Crippen LogP) is 2.44. The molecule has 1 saturated heterocycles. The topological polar surface area (TPSA) is 55.8 Å². The number of ether oxygens (including phenoxy) is 2. The van der Waals surface area contributed by atoms with E-state index in [0.717, 1.165) is 25.0 Å². The molecule has 2 fully saturated rings. The lowest BCUT2D eigenvalue weighted by molar-refractivity contribution is 0.162. The predicted molar refractivity (Wildman–Crippen MR) is 89.2 cm³/mol. The molecule has 5 nitrogen and oxygen atoms in total. The van der Waals surface area contributed by atoms with Gasteiger partial charge in [0.2, 0.25) is 10.0 Å². The highest BCUT2D eigenvalue weighted by Gasteiger charge is 2.50. The molecule has 1 aromatic rings. The molecular formula is C17H23NO4S. The number of methoxy groups -OCH3 is 1. The Morgan fingerprint density at radius 1 is 1.35 bits per heavy atom. The maximum Gasteiger partial charge on any atom is 0.218 e. The third-order valence-corrected chi connectivity index (χ3v) is 6.66. The van der Waals surface area contributed by atoms with Gasteiger partial charge in [-0.1, -0.05) is 12.1 Å². The molecule has 0 spiro atoms. The Balaban J connectivity index is 1.73. The van der Waals surface area contributed by atoms with E-state index in [4.69, 9.17) is 9.47 Å². The van der Waals surface area contributed by atoms with Crippen molar-refractivity contribution in [2.75, 3.05) is 19.5 Å². The second kappa shape index (κ2) is 6.53. The number of hydrogen-bond donors (Lipinski definition) is 0. The molecule has 6 heteroatoms. The van der Waals surface area contributed by atoms with Gasteiger partial charge >= 0.3 is 0 Å². The fourth-order valence-electron chi connectivity index (χ4n) is 3.80. The van der Waals surface area contributed by atoms with E-state index in [1.54, 1.807) is 11.4 Å². The summed E-state index contributed by atoms with van der Waals surface area (Å²) in [6, 6.07) is 7.44. The molecule has 0 radical (unpaired) electrons. The maximum atomic E-state index is 12.5. The minimum Gasteiger partial charge on any atom is -0.497 e. The zero-order chi connectivity index (χ0) is 16.4. The number of piperidine rings is 1. The number of nitrogens with zero attached hydrogens (tertiary/aromatic N) is 1. The zero-order valence-electron chi connectivity index (χ0n) is 13.3. The van der Waals surface area contributed by atoms with E-state index in [1.807, 2.05) is 24.3 Å². The van der Waals surface area contributed by atoms with Crippen LogP contribution in [0.2, 0.25) is 0 Å². The molecule has 23 heavy (non-hydrogen) atoms. The van der Waals surface area contributed by atoms with Gasteiger partial charge in [-0.3, -0.25) is 0 Å². The molecule has 0 unspecified atom stereocenters. The van der Waals surface area contributed by atoms with Crippen molar-refractivity contribution in [2.24, 2.45) is 5.92 Å². The van der Waals surface area contributed by atoms with E-state index >= 15 is 0 Å². The van der Waals surface area contributed by atoms with Gasteiger partial charge in [0.05, 0.1) is 18.9 Å². The first-order valence-corrected chi connectivity index (χ1v) is 9.55. The highest BCUT2D eigenvalue weighted by molar-refractivity contribution is 7.89. The van der Waals surface area contributed by atoms with E-state index in [2.05, 4.69) is 6.58 Å². The summed E-state index contributed by atoms with van der Waals surface area (Å²) in [7, 11) is -1.69. The fourth-order valence-corrected chi connectivity index (χ4v) is 5.56. The number of hydrogen-bond acceptors (Lipinski definition) is 4. The van der Waals surface area contributed by atoms with Crippen molar-refractivity contribution in [2.45, 2.75) is 31.3 Å². The highest BCUT2D eigenvalue weighted by Crippen LogP contribution is 2.44. The standard InChI is InChI=1S/C17H23NO4S/c1-3-9-23(19,20)18-14-8-7-13(10-14)17(18)12-22-16-6-4-5-15(11-16)21-2/h3-6,11,13-14,17H,1,7-10,12H2,2H3/t13-,14-,17-/m1/s1. The molecule has 1 aliphatic heterocycles. The summed E-state index contributed by atoms with van der Waals surface area (Å²) in [5.74, 6) is 1.82. The average molecular weight is 337 g/mol. The molecule has 2 bridgehead atoms. The average Bonchev–Trinajstić information content (AvgIpc) is 3.14.